The molecule has 41 heavy (non-hydrogen) atoms. The Morgan fingerprint density at radius 2 is 1.24 bits per heavy atom. The van der Waals surface area contributed by atoms with E-state index in [0.717, 1.165) is 37.7 Å². The van der Waals surface area contributed by atoms with E-state index in [1.165, 1.54) is 38.5 Å². The third kappa shape index (κ3) is 10.7. The highest BCUT2D eigenvalue weighted by atomic mass is 16.6. The number of rotatable bonds is 8. The van der Waals surface area contributed by atoms with Crippen LogP contribution in [-0.2, 0) is 37.1 Å². The number of aliphatic hydroxyl groups is 2. The molecule has 0 aromatic heterocycles. The summed E-state index contributed by atoms with van der Waals surface area (Å²) in [4.78, 5) is 38.4. The second-order valence-corrected chi connectivity index (χ2v) is 11.3. The van der Waals surface area contributed by atoms with Gasteiger partial charge in [0.15, 0.2) is 12.2 Å². The third-order valence-corrected chi connectivity index (χ3v) is 8.01. The predicted molar refractivity (Wildman–Crippen MR) is 157 cm³/mol. The number of ether oxygens (including phenoxy) is 2. The number of Topliss-reactive ketones (excluding diaryl/α,β-unsaturated/α-hetero) is 1. The average Bonchev–Trinajstić information content (AvgIpc) is 2.99. The molecule has 0 aliphatic heterocycles. The van der Waals surface area contributed by atoms with E-state index in [9.17, 15) is 24.6 Å². The molecule has 2 N–H and O–H groups in total. The number of hydrogen-bond donors (Lipinski definition) is 2. The van der Waals surface area contributed by atoms with Crippen LogP contribution in [0.5, 0.6) is 0 Å². The number of ketones is 1. The van der Waals surface area contributed by atoms with Gasteiger partial charge in [-0.1, -0.05) is 119 Å². The molecule has 1 aliphatic carbocycles. The molecule has 7 heteroatoms. The highest BCUT2D eigenvalue weighted by Crippen LogP contribution is 2.34. The fourth-order valence-corrected chi connectivity index (χ4v) is 5.57. The van der Waals surface area contributed by atoms with Crippen LogP contribution in [0.15, 0.2) is 54.6 Å². The van der Waals surface area contributed by atoms with E-state index in [0.29, 0.717) is 17.5 Å². The van der Waals surface area contributed by atoms with Gasteiger partial charge in [-0.2, -0.15) is 0 Å². The second kappa shape index (κ2) is 17.7. The van der Waals surface area contributed by atoms with Crippen molar-refractivity contribution in [1.82, 2.24) is 0 Å². The lowest BCUT2D eigenvalue weighted by atomic mass is 9.78. The van der Waals surface area contributed by atoms with Crippen LogP contribution in [0.25, 0.3) is 0 Å². The van der Waals surface area contributed by atoms with Crippen molar-refractivity contribution >= 4 is 17.7 Å². The van der Waals surface area contributed by atoms with Crippen LogP contribution in [0.2, 0.25) is 0 Å². The van der Waals surface area contributed by atoms with Gasteiger partial charge in [0.05, 0.1) is 0 Å². The summed E-state index contributed by atoms with van der Waals surface area (Å²) < 4.78 is 10.4. The summed E-state index contributed by atoms with van der Waals surface area (Å²) in [5, 5.41) is 20.5. The van der Waals surface area contributed by atoms with E-state index in [1.807, 2.05) is 30.3 Å². The standard InChI is InChI=1S/C34H46O7/c1-25-17-11-8-6-4-2-3-5-7-9-14-22-29(35)30(25)28-21-16-15-20-27(28)24-41-34(39)32(37)31(36)33(38)40-23-26-18-12-10-13-19-26/h10,12-13,15-16,18-21,25,30-32,36-37H,2-9,11,14,17,22-24H2,1H3. The van der Waals surface area contributed by atoms with Gasteiger partial charge in [0.2, 0.25) is 0 Å². The summed E-state index contributed by atoms with van der Waals surface area (Å²) in [6.07, 6.45) is 8.94. The molecule has 3 rings (SSSR count). The van der Waals surface area contributed by atoms with E-state index in [1.54, 1.807) is 24.3 Å². The smallest absolute Gasteiger partial charge is 0.338 e. The van der Waals surface area contributed by atoms with E-state index in [2.05, 4.69) is 6.92 Å². The normalized spacial score (nSPS) is 21.1. The van der Waals surface area contributed by atoms with Crippen LogP contribution < -0.4 is 0 Å². The molecule has 0 amide bonds. The number of carbonyl (C=O) groups is 3. The van der Waals surface area contributed by atoms with Gasteiger partial charge in [-0.3, -0.25) is 4.79 Å². The first kappa shape index (κ1) is 32.5. The first-order valence-corrected chi connectivity index (χ1v) is 15.2. The summed E-state index contributed by atoms with van der Waals surface area (Å²) in [5.41, 5.74) is 2.22. The number of esters is 2. The molecular weight excluding hydrogens is 520 g/mol. The van der Waals surface area contributed by atoms with Crippen molar-refractivity contribution in [2.45, 2.75) is 115 Å². The molecule has 224 valence electrons. The Bertz CT molecular complexity index is 1080. The van der Waals surface area contributed by atoms with Gasteiger partial charge >= 0.3 is 11.9 Å². The fraction of sp³-hybridized carbons (Fsp3) is 0.559. The zero-order valence-corrected chi connectivity index (χ0v) is 24.3. The molecule has 0 bridgehead atoms. The van der Waals surface area contributed by atoms with Crippen molar-refractivity contribution < 1.29 is 34.1 Å². The molecule has 2 aromatic carbocycles. The summed E-state index contributed by atoms with van der Waals surface area (Å²) in [6.45, 7) is 1.85. The summed E-state index contributed by atoms with van der Waals surface area (Å²) in [5.74, 6) is -2.21. The van der Waals surface area contributed by atoms with E-state index in [4.69, 9.17) is 9.47 Å². The minimum absolute atomic E-state index is 0.0977. The lowest BCUT2D eigenvalue weighted by Gasteiger charge is -2.26. The van der Waals surface area contributed by atoms with Crippen molar-refractivity contribution in [2.75, 3.05) is 0 Å². The van der Waals surface area contributed by atoms with Gasteiger partial charge in [-0.05, 0) is 35.4 Å². The third-order valence-electron chi connectivity index (χ3n) is 8.01. The maximum atomic E-state index is 13.6. The molecule has 0 spiro atoms. The summed E-state index contributed by atoms with van der Waals surface area (Å²) in [7, 11) is 0. The average molecular weight is 567 g/mol. The van der Waals surface area contributed by atoms with Gasteiger partial charge in [0.25, 0.3) is 0 Å². The van der Waals surface area contributed by atoms with Gasteiger partial charge in [0, 0.05) is 12.3 Å². The second-order valence-electron chi connectivity index (χ2n) is 11.3. The Hall–Kier alpha value is -3.03. The SMILES string of the molecule is CC1CCCCCCCCCCCCC(=O)C1c1ccccc1COC(=O)C(O)C(O)C(=O)OCc1ccccc1. The Morgan fingerprint density at radius 3 is 1.88 bits per heavy atom. The molecule has 0 heterocycles. The quantitative estimate of drug-likeness (QED) is 0.367. The van der Waals surface area contributed by atoms with Gasteiger partial charge in [-0.25, -0.2) is 9.59 Å². The minimum atomic E-state index is -2.09. The lowest BCUT2D eigenvalue weighted by molar-refractivity contribution is -0.174. The number of carbonyl (C=O) groups excluding carboxylic acids is 3. The van der Waals surface area contributed by atoms with Crippen molar-refractivity contribution in [3.8, 4) is 0 Å². The molecule has 1 saturated carbocycles. The zero-order chi connectivity index (χ0) is 29.5. The van der Waals surface area contributed by atoms with Crippen LogP contribution >= 0.6 is 0 Å². The van der Waals surface area contributed by atoms with Crippen molar-refractivity contribution in [2.24, 2.45) is 5.92 Å². The summed E-state index contributed by atoms with van der Waals surface area (Å²) in [6, 6.07) is 16.3. The highest BCUT2D eigenvalue weighted by Gasteiger charge is 2.34. The van der Waals surface area contributed by atoms with Crippen molar-refractivity contribution in [3.63, 3.8) is 0 Å². The zero-order valence-electron chi connectivity index (χ0n) is 24.3. The molecule has 4 atom stereocenters. The Kier molecular flexibility index (Phi) is 14.0. The molecule has 1 fully saturated rings. The number of hydrogen-bond acceptors (Lipinski definition) is 7. The highest BCUT2D eigenvalue weighted by molar-refractivity contribution is 5.87. The molecule has 0 radical (unpaired) electrons. The Balaban J connectivity index is 1.64. The molecular formula is C34H46O7. The maximum Gasteiger partial charge on any atom is 0.338 e. The minimum Gasteiger partial charge on any atom is -0.459 e. The van der Waals surface area contributed by atoms with Crippen LogP contribution in [0.1, 0.15) is 107 Å². The maximum absolute atomic E-state index is 13.6. The largest absolute Gasteiger partial charge is 0.459 e. The van der Waals surface area contributed by atoms with Gasteiger partial charge in [-0.15, -0.1) is 0 Å². The topological polar surface area (TPSA) is 110 Å². The molecule has 4 unspecified atom stereocenters. The first-order chi connectivity index (χ1) is 19.9. The van der Waals surface area contributed by atoms with Crippen LogP contribution in [0.4, 0.5) is 0 Å². The monoisotopic (exact) mass is 566 g/mol. The van der Waals surface area contributed by atoms with E-state index in [-0.39, 0.29) is 30.8 Å². The van der Waals surface area contributed by atoms with Crippen LogP contribution in [0.3, 0.4) is 0 Å². The van der Waals surface area contributed by atoms with Gasteiger partial charge in [0.1, 0.15) is 19.0 Å². The molecule has 0 saturated heterocycles. The van der Waals surface area contributed by atoms with E-state index >= 15 is 0 Å². The van der Waals surface area contributed by atoms with Crippen molar-refractivity contribution in [1.29, 1.82) is 0 Å². The predicted octanol–water partition coefficient (Wildman–Crippen LogP) is 6.18. The van der Waals surface area contributed by atoms with Crippen LogP contribution in [-0.4, -0.2) is 40.1 Å². The molecule has 7 nitrogen and oxygen atoms in total. The van der Waals surface area contributed by atoms with Crippen LogP contribution in [0, 0.1) is 5.92 Å². The lowest BCUT2D eigenvalue weighted by Crippen LogP contribution is -2.41. The number of benzene rings is 2. The summed E-state index contributed by atoms with van der Waals surface area (Å²) >= 11 is 0. The van der Waals surface area contributed by atoms with Crippen molar-refractivity contribution in [3.05, 3.63) is 71.3 Å². The Morgan fingerprint density at radius 1 is 0.732 bits per heavy atom. The Labute approximate surface area is 244 Å². The van der Waals surface area contributed by atoms with Gasteiger partial charge < -0.3 is 19.7 Å². The molecule has 1 aliphatic rings. The fourth-order valence-electron chi connectivity index (χ4n) is 5.57. The van der Waals surface area contributed by atoms with E-state index < -0.39 is 24.1 Å². The number of aliphatic hydroxyl groups excluding tert-OH is 2. The first-order valence-electron chi connectivity index (χ1n) is 15.2. The molecule has 2 aromatic rings.